The normalized spacial score (nSPS) is 12.2. The molecule has 0 aromatic heterocycles. The van der Waals surface area contributed by atoms with Gasteiger partial charge in [-0.25, -0.2) is 0 Å². The monoisotopic (exact) mass is 247 g/mol. The van der Waals surface area contributed by atoms with E-state index in [0.29, 0.717) is 0 Å². The maximum Gasteiger partial charge on any atom is 0.227 e. The maximum absolute atomic E-state index is 12.1. The molecule has 0 saturated carbocycles. The molecule has 0 heterocycles. The second-order valence-electron chi connectivity index (χ2n) is 5.04. The van der Waals surface area contributed by atoms with Crippen molar-refractivity contribution >= 4 is 11.6 Å². The summed E-state index contributed by atoms with van der Waals surface area (Å²) in [6.45, 7) is 8.39. The average molecular weight is 247 g/mol. The summed E-state index contributed by atoms with van der Waals surface area (Å²) in [6.07, 6.45) is 4.17. The Hall–Kier alpha value is -1.31. The molecular formula is C16H25NO. The molecule has 1 aromatic carbocycles. The summed E-state index contributed by atoms with van der Waals surface area (Å²) in [4.78, 5) is 12.1. The zero-order valence-corrected chi connectivity index (χ0v) is 12.0. The zero-order chi connectivity index (χ0) is 13.5. The van der Waals surface area contributed by atoms with E-state index in [2.05, 4.69) is 39.1 Å². The predicted molar refractivity (Wildman–Crippen MR) is 77.9 cm³/mol. The van der Waals surface area contributed by atoms with Gasteiger partial charge in [0.05, 0.1) is 0 Å². The number of hydrogen-bond donors (Lipinski definition) is 1. The minimum Gasteiger partial charge on any atom is -0.326 e. The van der Waals surface area contributed by atoms with Crippen LogP contribution in [0.15, 0.2) is 18.2 Å². The fourth-order valence-corrected chi connectivity index (χ4v) is 2.03. The van der Waals surface area contributed by atoms with Crippen molar-refractivity contribution in [2.24, 2.45) is 5.92 Å². The summed E-state index contributed by atoms with van der Waals surface area (Å²) in [5.41, 5.74) is 3.39. The number of anilines is 1. The van der Waals surface area contributed by atoms with Crippen LogP contribution in [0.1, 0.15) is 50.7 Å². The number of nitrogens with one attached hydrogen (secondary N) is 1. The lowest BCUT2D eigenvalue weighted by Crippen LogP contribution is -2.22. The first kappa shape index (κ1) is 14.7. The number of rotatable bonds is 6. The van der Waals surface area contributed by atoms with Gasteiger partial charge in [0.15, 0.2) is 0 Å². The molecule has 0 bridgehead atoms. The third kappa shape index (κ3) is 4.17. The molecule has 0 aliphatic heterocycles. The lowest BCUT2D eigenvalue weighted by Gasteiger charge is -2.15. The van der Waals surface area contributed by atoms with E-state index in [-0.39, 0.29) is 11.8 Å². The van der Waals surface area contributed by atoms with Gasteiger partial charge in [0, 0.05) is 11.6 Å². The van der Waals surface area contributed by atoms with Crippen LogP contribution in [0.2, 0.25) is 0 Å². The van der Waals surface area contributed by atoms with E-state index in [1.807, 2.05) is 12.1 Å². The highest BCUT2D eigenvalue weighted by Crippen LogP contribution is 2.18. The number of hydrogen-bond acceptors (Lipinski definition) is 1. The van der Waals surface area contributed by atoms with Gasteiger partial charge in [0.2, 0.25) is 5.91 Å². The number of carbonyl (C=O) groups is 1. The number of carbonyl (C=O) groups excluding carboxylic acids is 1. The van der Waals surface area contributed by atoms with E-state index in [4.69, 9.17) is 0 Å². The summed E-state index contributed by atoms with van der Waals surface area (Å²) in [5, 5.41) is 3.03. The molecule has 1 amide bonds. The molecule has 0 radical (unpaired) electrons. The second kappa shape index (κ2) is 7.20. The topological polar surface area (TPSA) is 29.1 Å². The number of unbranched alkanes of at least 4 members (excludes halogenated alkanes) is 1. The Morgan fingerprint density at radius 1 is 1.22 bits per heavy atom. The summed E-state index contributed by atoms with van der Waals surface area (Å²) in [5.74, 6) is 0.306. The fourth-order valence-electron chi connectivity index (χ4n) is 2.03. The Bertz CT molecular complexity index is 398. The average Bonchev–Trinajstić information content (AvgIpc) is 2.35. The van der Waals surface area contributed by atoms with Crippen molar-refractivity contribution in [3.63, 3.8) is 0 Å². The van der Waals surface area contributed by atoms with Gasteiger partial charge >= 0.3 is 0 Å². The van der Waals surface area contributed by atoms with E-state index in [0.717, 1.165) is 31.4 Å². The van der Waals surface area contributed by atoms with Crippen molar-refractivity contribution < 1.29 is 4.79 Å². The van der Waals surface area contributed by atoms with Crippen molar-refractivity contribution in [3.8, 4) is 0 Å². The SMILES string of the molecule is CCCC[C@@H](CC)C(=O)Nc1ccc(C)c(C)c1. The first-order valence-corrected chi connectivity index (χ1v) is 6.96. The molecule has 100 valence electrons. The van der Waals surface area contributed by atoms with Crippen LogP contribution < -0.4 is 5.32 Å². The van der Waals surface area contributed by atoms with E-state index in [9.17, 15) is 4.79 Å². The van der Waals surface area contributed by atoms with Gasteiger partial charge in [-0.15, -0.1) is 0 Å². The first-order valence-electron chi connectivity index (χ1n) is 6.96. The van der Waals surface area contributed by atoms with Gasteiger partial charge in [-0.2, -0.15) is 0 Å². The van der Waals surface area contributed by atoms with Crippen LogP contribution in [0.4, 0.5) is 5.69 Å². The Balaban J connectivity index is 2.64. The molecule has 0 spiro atoms. The number of benzene rings is 1. The minimum atomic E-state index is 0.145. The van der Waals surface area contributed by atoms with Crippen LogP contribution in [-0.2, 0) is 4.79 Å². The molecule has 1 atom stereocenters. The Morgan fingerprint density at radius 3 is 2.50 bits per heavy atom. The van der Waals surface area contributed by atoms with Gasteiger partial charge in [-0.3, -0.25) is 4.79 Å². The fraction of sp³-hybridized carbons (Fsp3) is 0.562. The lowest BCUT2D eigenvalue weighted by atomic mass is 9.98. The number of aryl methyl sites for hydroxylation is 2. The van der Waals surface area contributed by atoms with E-state index in [1.165, 1.54) is 11.1 Å². The Morgan fingerprint density at radius 2 is 1.94 bits per heavy atom. The Labute approximate surface area is 111 Å². The smallest absolute Gasteiger partial charge is 0.227 e. The van der Waals surface area contributed by atoms with Crippen molar-refractivity contribution in [1.82, 2.24) is 0 Å². The van der Waals surface area contributed by atoms with Gasteiger partial charge in [0.25, 0.3) is 0 Å². The number of amides is 1. The summed E-state index contributed by atoms with van der Waals surface area (Å²) in [6, 6.07) is 6.07. The zero-order valence-electron chi connectivity index (χ0n) is 12.0. The van der Waals surface area contributed by atoms with Crippen LogP contribution in [0.25, 0.3) is 0 Å². The molecule has 0 fully saturated rings. The molecule has 1 aromatic rings. The maximum atomic E-state index is 12.1. The highest BCUT2D eigenvalue weighted by molar-refractivity contribution is 5.92. The minimum absolute atomic E-state index is 0.145. The van der Waals surface area contributed by atoms with Gasteiger partial charge in [-0.1, -0.05) is 32.8 Å². The second-order valence-corrected chi connectivity index (χ2v) is 5.04. The van der Waals surface area contributed by atoms with Crippen molar-refractivity contribution in [3.05, 3.63) is 29.3 Å². The molecule has 1 rings (SSSR count). The summed E-state index contributed by atoms with van der Waals surface area (Å²) in [7, 11) is 0. The van der Waals surface area contributed by atoms with Gasteiger partial charge in [0.1, 0.15) is 0 Å². The molecular weight excluding hydrogens is 222 g/mol. The Kier molecular flexibility index (Phi) is 5.90. The highest BCUT2D eigenvalue weighted by Gasteiger charge is 2.15. The molecule has 0 unspecified atom stereocenters. The standard InChI is InChI=1S/C16H25NO/c1-5-7-8-14(6-2)16(18)17-15-10-9-12(3)13(4)11-15/h9-11,14H,5-8H2,1-4H3,(H,17,18)/t14-/m1/s1. The van der Waals surface area contributed by atoms with E-state index < -0.39 is 0 Å². The molecule has 2 heteroatoms. The predicted octanol–water partition coefficient (Wildman–Crippen LogP) is 4.46. The highest BCUT2D eigenvalue weighted by atomic mass is 16.1. The molecule has 0 aliphatic rings. The van der Waals surface area contributed by atoms with Crippen LogP contribution in [0.3, 0.4) is 0 Å². The molecule has 0 aliphatic carbocycles. The summed E-state index contributed by atoms with van der Waals surface area (Å²) < 4.78 is 0. The van der Waals surface area contributed by atoms with E-state index >= 15 is 0 Å². The summed E-state index contributed by atoms with van der Waals surface area (Å²) >= 11 is 0. The third-order valence-corrected chi connectivity index (χ3v) is 3.54. The van der Waals surface area contributed by atoms with Crippen LogP contribution in [-0.4, -0.2) is 5.91 Å². The van der Waals surface area contributed by atoms with E-state index in [1.54, 1.807) is 0 Å². The van der Waals surface area contributed by atoms with Crippen molar-refractivity contribution in [2.75, 3.05) is 5.32 Å². The van der Waals surface area contributed by atoms with Gasteiger partial charge in [-0.05, 0) is 49.9 Å². The molecule has 1 N–H and O–H groups in total. The molecule has 18 heavy (non-hydrogen) atoms. The van der Waals surface area contributed by atoms with Crippen molar-refractivity contribution in [1.29, 1.82) is 0 Å². The largest absolute Gasteiger partial charge is 0.326 e. The lowest BCUT2D eigenvalue weighted by molar-refractivity contribution is -0.120. The molecule has 2 nitrogen and oxygen atoms in total. The quantitative estimate of drug-likeness (QED) is 0.790. The molecule has 0 saturated heterocycles. The van der Waals surface area contributed by atoms with Gasteiger partial charge < -0.3 is 5.32 Å². The van der Waals surface area contributed by atoms with Crippen LogP contribution >= 0.6 is 0 Å². The van der Waals surface area contributed by atoms with Crippen LogP contribution in [0.5, 0.6) is 0 Å². The third-order valence-electron chi connectivity index (χ3n) is 3.54. The van der Waals surface area contributed by atoms with Crippen molar-refractivity contribution in [2.45, 2.75) is 53.4 Å². The first-order chi connectivity index (χ1) is 8.58. The van der Waals surface area contributed by atoms with Crippen LogP contribution in [0, 0.1) is 19.8 Å².